The van der Waals surface area contributed by atoms with E-state index in [0.29, 0.717) is 27.9 Å². The third-order valence-electron chi connectivity index (χ3n) is 7.85. The molecule has 0 bridgehead atoms. The van der Waals surface area contributed by atoms with Crippen LogP contribution < -0.4 is 15.8 Å². The lowest BCUT2D eigenvalue weighted by molar-refractivity contribution is -0.000924. The van der Waals surface area contributed by atoms with Gasteiger partial charge in [-0.15, -0.1) is 0 Å². The maximum Gasteiger partial charge on any atom is 0.319 e. The van der Waals surface area contributed by atoms with Gasteiger partial charge in [-0.05, 0) is 50.5 Å². The van der Waals surface area contributed by atoms with Crippen LogP contribution in [-0.4, -0.2) is 98.8 Å². The number of ether oxygens (including phenoxy) is 2. The van der Waals surface area contributed by atoms with Crippen molar-refractivity contribution >= 4 is 29.2 Å². The molecule has 4 rings (SSSR count). The fourth-order valence-electron chi connectivity index (χ4n) is 5.67. The van der Waals surface area contributed by atoms with Crippen LogP contribution in [0.25, 0.3) is 0 Å². The number of anilines is 1. The molecule has 200 valence electrons. The van der Waals surface area contributed by atoms with Crippen LogP contribution in [0, 0.1) is 5.92 Å². The number of piperidine rings is 3. The summed E-state index contributed by atoms with van der Waals surface area (Å²) in [6, 6.07) is 3.23. The maximum atomic E-state index is 13.0. The topological polar surface area (TPSA) is 100 Å². The monoisotopic (exact) mass is 521 g/mol. The minimum atomic E-state index is -0.250. The Kier molecular flexibility index (Phi) is 9.19. The van der Waals surface area contributed by atoms with Crippen molar-refractivity contribution in [2.45, 2.75) is 50.7 Å². The quantitative estimate of drug-likeness (QED) is 0.558. The Balaban J connectivity index is 1.26. The molecule has 0 spiro atoms. The minimum absolute atomic E-state index is 0.108. The fraction of sp³-hybridized carbons (Fsp3) is 0.692. The molecule has 1 aromatic carbocycles. The molecule has 3 N–H and O–H groups in total. The lowest BCUT2D eigenvalue weighted by Gasteiger charge is -2.41. The van der Waals surface area contributed by atoms with E-state index in [9.17, 15) is 9.59 Å². The van der Waals surface area contributed by atoms with E-state index >= 15 is 0 Å². The van der Waals surface area contributed by atoms with Gasteiger partial charge < -0.3 is 35.2 Å². The second kappa shape index (κ2) is 12.3. The van der Waals surface area contributed by atoms with Gasteiger partial charge in [-0.3, -0.25) is 4.79 Å². The number of benzene rings is 1. The number of urea groups is 1. The lowest BCUT2D eigenvalue weighted by Crippen LogP contribution is -2.56. The summed E-state index contributed by atoms with van der Waals surface area (Å²) in [5, 5.41) is 3.43. The molecule has 0 aromatic heterocycles. The van der Waals surface area contributed by atoms with Gasteiger partial charge in [-0.1, -0.05) is 11.6 Å². The van der Waals surface area contributed by atoms with Gasteiger partial charge in [0.15, 0.2) is 0 Å². The molecule has 3 fully saturated rings. The Bertz CT molecular complexity index is 918. The van der Waals surface area contributed by atoms with E-state index in [4.69, 9.17) is 26.8 Å². The highest BCUT2D eigenvalue weighted by atomic mass is 35.5. The molecule has 2 atom stereocenters. The minimum Gasteiger partial charge on any atom is -0.496 e. The number of rotatable bonds is 6. The van der Waals surface area contributed by atoms with Crippen LogP contribution in [0.3, 0.4) is 0 Å². The average molecular weight is 522 g/mol. The molecule has 10 heteroatoms. The number of likely N-dealkylation sites (tertiary alicyclic amines) is 3. The van der Waals surface area contributed by atoms with Crippen LogP contribution in [0.1, 0.15) is 48.9 Å². The molecule has 3 heterocycles. The molecule has 0 radical (unpaired) electrons. The number of carbonyl (C=O) groups excluding carboxylic acids is 2. The third-order valence-corrected chi connectivity index (χ3v) is 8.18. The number of nitrogen functional groups attached to an aromatic ring is 1. The molecule has 0 aliphatic carbocycles. The number of carbonyl (C=O) groups is 2. The second-order valence-electron chi connectivity index (χ2n) is 10.2. The maximum absolute atomic E-state index is 13.0. The highest BCUT2D eigenvalue weighted by Crippen LogP contribution is 2.29. The molecular weight excluding hydrogens is 482 g/mol. The summed E-state index contributed by atoms with van der Waals surface area (Å²) in [5.74, 6) is 0.714. The molecule has 3 saturated heterocycles. The van der Waals surface area contributed by atoms with E-state index in [1.807, 2.05) is 9.80 Å². The number of hydrogen-bond acceptors (Lipinski definition) is 6. The smallest absolute Gasteiger partial charge is 0.319 e. The van der Waals surface area contributed by atoms with Gasteiger partial charge in [-0.2, -0.15) is 0 Å². The number of nitrogens with two attached hydrogens (primary N) is 1. The summed E-state index contributed by atoms with van der Waals surface area (Å²) >= 11 is 6.15. The Hall–Kier alpha value is -2.23. The van der Waals surface area contributed by atoms with Gasteiger partial charge in [-0.25, -0.2) is 4.79 Å². The van der Waals surface area contributed by atoms with Gasteiger partial charge in [0.25, 0.3) is 5.91 Å². The van der Waals surface area contributed by atoms with Crippen molar-refractivity contribution in [1.82, 2.24) is 20.0 Å². The van der Waals surface area contributed by atoms with Crippen LogP contribution in [-0.2, 0) is 4.74 Å². The van der Waals surface area contributed by atoms with Crippen LogP contribution in [0.2, 0.25) is 5.02 Å². The Labute approximate surface area is 219 Å². The summed E-state index contributed by atoms with van der Waals surface area (Å²) in [4.78, 5) is 32.3. The lowest BCUT2D eigenvalue weighted by atomic mass is 9.94. The number of nitrogens with one attached hydrogen (secondary N) is 1. The Morgan fingerprint density at radius 3 is 2.39 bits per heavy atom. The molecule has 0 unspecified atom stereocenters. The molecular formula is C26H40ClN5O4. The zero-order valence-electron chi connectivity index (χ0n) is 21.5. The standard InChI is InChI=1S/C26H40ClN5O4/c1-35-23-15-21(28)20(27)14-19(23)25(33)29-22-8-11-30(17-24(22)36-2)16-18-6-12-32(13-7-18)26(34)31-9-4-3-5-10-31/h14-15,18,22,24H,3-13,16-17,28H2,1-2H3,(H,29,33)/t22-,24+/m1/s1. The van der Waals surface area contributed by atoms with Crippen LogP contribution in [0.15, 0.2) is 12.1 Å². The molecule has 36 heavy (non-hydrogen) atoms. The van der Waals surface area contributed by atoms with E-state index in [2.05, 4.69) is 10.2 Å². The number of methoxy groups -OCH3 is 2. The van der Waals surface area contributed by atoms with Crippen LogP contribution >= 0.6 is 11.6 Å². The van der Waals surface area contributed by atoms with Crippen molar-refractivity contribution in [3.05, 3.63) is 22.7 Å². The van der Waals surface area contributed by atoms with E-state index in [1.54, 1.807) is 19.2 Å². The first kappa shape index (κ1) is 26.8. The zero-order valence-corrected chi connectivity index (χ0v) is 22.3. The zero-order chi connectivity index (χ0) is 25.7. The summed E-state index contributed by atoms with van der Waals surface area (Å²) in [7, 11) is 3.20. The molecule has 3 aliphatic rings. The summed E-state index contributed by atoms with van der Waals surface area (Å²) < 4.78 is 11.1. The highest BCUT2D eigenvalue weighted by Gasteiger charge is 2.33. The highest BCUT2D eigenvalue weighted by molar-refractivity contribution is 6.33. The van der Waals surface area contributed by atoms with Crippen molar-refractivity contribution in [1.29, 1.82) is 0 Å². The first-order chi connectivity index (χ1) is 17.4. The number of halogens is 1. The average Bonchev–Trinajstić information content (AvgIpc) is 2.91. The van der Waals surface area contributed by atoms with Gasteiger partial charge in [0.2, 0.25) is 0 Å². The molecule has 1 aromatic rings. The van der Waals surface area contributed by atoms with Crippen LogP contribution in [0.4, 0.5) is 10.5 Å². The van der Waals surface area contributed by atoms with Gasteiger partial charge in [0, 0.05) is 59.0 Å². The molecule has 0 saturated carbocycles. The van der Waals surface area contributed by atoms with Crippen molar-refractivity contribution in [3.8, 4) is 5.75 Å². The van der Waals surface area contributed by atoms with E-state index in [0.717, 1.165) is 77.9 Å². The van der Waals surface area contributed by atoms with Crippen molar-refractivity contribution < 1.29 is 19.1 Å². The van der Waals surface area contributed by atoms with E-state index in [1.165, 1.54) is 13.5 Å². The van der Waals surface area contributed by atoms with E-state index < -0.39 is 0 Å². The molecule has 3 aliphatic heterocycles. The summed E-state index contributed by atoms with van der Waals surface area (Å²) in [5.41, 5.74) is 6.58. The molecule has 9 nitrogen and oxygen atoms in total. The largest absolute Gasteiger partial charge is 0.496 e. The van der Waals surface area contributed by atoms with Gasteiger partial charge in [0.1, 0.15) is 5.75 Å². The SMILES string of the molecule is COc1cc(N)c(Cl)cc1C(=O)N[C@@H]1CCN(CC2CCN(C(=O)N3CCCCC3)CC2)C[C@@H]1OC. The van der Waals surface area contributed by atoms with Crippen molar-refractivity contribution in [2.75, 3.05) is 65.8 Å². The van der Waals surface area contributed by atoms with Gasteiger partial charge >= 0.3 is 6.03 Å². The van der Waals surface area contributed by atoms with Crippen LogP contribution in [0.5, 0.6) is 5.75 Å². The van der Waals surface area contributed by atoms with Crippen molar-refractivity contribution in [2.24, 2.45) is 5.92 Å². The fourth-order valence-corrected chi connectivity index (χ4v) is 5.83. The first-order valence-electron chi connectivity index (χ1n) is 13.1. The number of hydrogen-bond donors (Lipinski definition) is 2. The number of nitrogens with zero attached hydrogens (tertiary/aromatic N) is 3. The van der Waals surface area contributed by atoms with Crippen molar-refractivity contribution in [3.63, 3.8) is 0 Å². The van der Waals surface area contributed by atoms with E-state index in [-0.39, 0.29) is 24.1 Å². The summed E-state index contributed by atoms with van der Waals surface area (Å²) in [6.07, 6.45) is 6.23. The third kappa shape index (κ3) is 6.36. The second-order valence-corrected chi connectivity index (χ2v) is 10.6. The Morgan fingerprint density at radius 1 is 1.03 bits per heavy atom. The normalized spacial score (nSPS) is 24.0. The first-order valence-corrected chi connectivity index (χ1v) is 13.5. The molecule has 3 amide bonds. The summed E-state index contributed by atoms with van der Waals surface area (Å²) in [6.45, 7) is 6.12. The predicted octanol–water partition coefficient (Wildman–Crippen LogP) is 3.07. The predicted molar refractivity (Wildman–Crippen MR) is 141 cm³/mol. The number of amides is 3. The van der Waals surface area contributed by atoms with Gasteiger partial charge in [0.05, 0.1) is 35.5 Å². The Morgan fingerprint density at radius 2 is 1.72 bits per heavy atom.